The van der Waals surface area contributed by atoms with E-state index >= 15 is 0 Å². The number of benzene rings is 1. The van der Waals surface area contributed by atoms with Gasteiger partial charge in [-0.2, -0.15) is 0 Å². The standard InChI is InChI=1S/C18H22N2O6S/c1-2-8-20(13-7-9-27(23,24)12-13)17(21)11-25-18(22)10-15-14-5-3-4-6-16(14)26-19-15/h3-6,13H,2,7-12H2,1H3/t13-/m1/s1. The Balaban J connectivity index is 1.57. The van der Waals surface area contributed by atoms with Gasteiger partial charge in [0.15, 0.2) is 22.0 Å². The third-order valence-corrected chi connectivity index (χ3v) is 6.30. The van der Waals surface area contributed by atoms with Gasteiger partial charge in [0.05, 0.1) is 17.9 Å². The molecule has 1 aliphatic heterocycles. The van der Waals surface area contributed by atoms with Crippen molar-refractivity contribution in [2.75, 3.05) is 24.7 Å². The second-order valence-electron chi connectivity index (χ2n) is 6.61. The van der Waals surface area contributed by atoms with Gasteiger partial charge in [-0.3, -0.25) is 9.59 Å². The highest BCUT2D eigenvalue weighted by Gasteiger charge is 2.34. The quantitative estimate of drug-likeness (QED) is 0.652. The number of para-hydroxylation sites is 1. The van der Waals surface area contributed by atoms with Crippen molar-refractivity contribution in [2.45, 2.75) is 32.2 Å². The summed E-state index contributed by atoms with van der Waals surface area (Å²) in [6.45, 7) is 1.93. The van der Waals surface area contributed by atoms with Gasteiger partial charge in [-0.15, -0.1) is 0 Å². The number of carbonyl (C=O) groups excluding carboxylic acids is 2. The highest BCUT2D eigenvalue weighted by atomic mass is 32.2. The van der Waals surface area contributed by atoms with Crippen LogP contribution >= 0.6 is 0 Å². The van der Waals surface area contributed by atoms with E-state index in [-0.39, 0.29) is 29.9 Å². The Kier molecular flexibility index (Phi) is 5.79. The van der Waals surface area contributed by atoms with Crippen LogP contribution in [0.2, 0.25) is 0 Å². The number of hydrogen-bond acceptors (Lipinski definition) is 7. The number of amides is 1. The molecule has 27 heavy (non-hydrogen) atoms. The molecule has 2 heterocycles. The summed E-state index contributed by atoms with van der Waals surface area (Å²) in [4.78, 5) is 26.1. The molecule has 0 saturated carbocycles. The predicted octanol–water partition coefficient (Wildman–Crippen LogP) is 1.34. The molecule has 0 spiro atoms. The topological polar surface area (TPSA) is 107 Å². The van der Waals surface area contributed by atoms with E-state index in [1.54, 1.807) is 18.2 Å². The fourth-order valence-corrected chi connectivity index (χ4v) is 4.98. The van der Waals surface area contributed by atoms with Crippen LogP contribution in [0.25, 0.3) is 11.0 Å². The first-order chi connectivity index (χ1) is 12.9. The molecular weight excluding hydrogens is 372 g/mol. The molecule has 1 saturated heterocycles. The number of fused-ring (bicyclic) bond motifs is 1. The number of hydrogen-bond donors (Lipinski definition) is 0. The molecule has 0 unspecified atom stereocenters. The number of carbonyl (C=O) groups is 2. The van der Waals surface area contributed by atoms with E-state index in [2.05, 4.69) is 5.16 Å². The Labute approximate surface area is 157 Å². The molecule has 0 aliphatic carbocycles. The largest absolute Gasteiger partial charge is 0.455 e. The van der Waals surface area contributed by atoms with Gasteiger partial charge in [-0.1, -0.05) is 24.2 Å². The molecule has 8 nitrogen and oxygen atoms in total. The molecule has 0 N–H and O–H groups in total. The van der Waals surface area contributed by atoms with Crippen LogP contribution in [0.4, 0.5) is 0 Å². The van der Waals surface area contributed by atoms with Crippen LogP contribution in [0.5, 0.6) is 0 Å². The molecule has 9 heteroatoms. The third-order valence-electron chi connectivity index (χ3n) is 4.55. The molecule has 3 rings (SSSR count). The molecular formula is C18H22N2O6S. The molecule has 1 amide bonds. The van der Waals surface area contributed by atoms with Crippen LogP contribution in [0, 0.1) is 0 Å². The Bertz CT molecular complexity index is 936. The molecule has 0 bridgehead atoms. The minimum absolute atomic E-state index is 0.0301. The molecule has 1 atom stereocenters. The Morgan fingerprint density at radius 1 is 1.33 bits per heavy atom. The van der Waals surface area contributed by atoms with E-state index in [0.717, 1.165) is 5.39 Å². The zero-order valence-electron chi connectivity index (χ0n) is 15.1. The monoisotopic (exact) mass is 394 g/mol. The predicted molar refractivity (Wildman–Crippen MR) is 97.7 cm³/mol. The molecule has 1 aromatic heterocycles. The second-order valence-corrected chi connectivity index (χ2v) is 8.84. The lowest BCUT2D eigenvalue weighted by atomic mass is 10.2. The van der Waals surface area contributed by atoms with E-state index in [9.17, 15) is 18.0 Å². The maximum Gasteiger partial charge on any atom is 0.312 e. The number of nitrogens with zero attached hydrogens (tertiary/aromatic N) is 2. The van der Waals surface area contributed by atoms with Gasteiger partial charge in [0, 0.05) is 18.0 Å². The third kappa shape index (κ3) is 4.65. The lowest BCUT2D eigenvalue weighted by Crippen LogP contribution is -2.43. The molecule has 0 radical (unpaired) electrons. The first-order valence-electron chi connectivity index (χ1n) is 8.88. The first-order valence-corrected chi connectivity index (χ1v) is 10.7. The number of aromatic nitrogens is 1. The van der Waals surface area contributed by atoms with Crippen LogP contribution in [-0.4, -0.2) is 61.1 Å². The number of rotatable bonds is 7. The molecule has 1 aliphatic rings. The normalized spacial score (nSPS) is 18.5. The molecule has 1 fully saturated rings. The molecule has 1 aromatic carbocycles. The van der Waals surface area contributed by atoms with Crippen molar-refractivity contribution in [3.63, 3.8) is 0 Å². The minimum atomic E-state index is -3.10. The van der Waals surface area contributed by atoms with Gasteiger partial charge < -0.3 is 14.2 Å². The summed E-state index contributed by atoms with van der Waals surface area (Å²) in [5.74, 6) is -0.905. The Morgan fingerprint density at radius 2 is 2.11 bits per heavy atom. The highest BCUT2D eigenvalue weighted by molar-refractivity contribution is 7.91. The smallest absolute Gasteiger partial charge is 0.312 e. The van der Waals surface area contributed by atoms with Crippen LogP contribution in [0.3, 0.4) is 0 Å². The fourth-order valence-electron chi connectivity index (χ4n) is 3.25. The fraction of sp³-hybridized carbons (Fsp3) is 0.500. The van der Waals surface area contributed by atoms with Crippen molar-refractivity contribution < 1.29 is 27.3 Å². The van der Waals surface area contributed by atoms with Crippen LogP contribution in [-0.2, 0) is 30.6 Å². The van der Waals surface area contributed by atoms with Crippen LogP contribution in [0.15, 0.2) is 28.8 Å². The van der Waals surface area contributed by atoms with Crippen molar-refractivity contribution in [1.29, 1.82) is 0 Å². The Morgan fingerprint density at radius 3 is 2.81 bits per heavy atom. The van der Waals surface area contributed by atoms with E-state index in [0.29, 0.717) is 30.7 Å². The average molecular weight is 394 g/mol. The molecule has 2 aromatic rings. The van der Waals surface area contributed by atoms with Crippen molar-refractivity contribution in [3.8, 4) is 0 Å². The van der Waals surface area contributed by atoms with Gasteiger partial charge in [-0.25, -0.2) is 8.42 Å². The summed E-state index contributed by atoms with van der Waals surface area (Å²) in [6, 6.07) is 6.82. The summed E-state index contributed by atoms with van der Waals surface area (Å²) in [5, 5.41) is 4.59. The number of esters is 1. The summed E-state index contributed by atoms with van der Waals surface area (Å²) in [5.41, 5.74) is 1.03. The van der Waals surface area contributed by atoms with Gasteiger partial charge in [-0.05, 0) is 25.0 Å². The van der Waals surface area contributed by atoms with Crippen LogP contribution in [0.1, 0.15) is 25.5 Å². The van der Waals surface area contributed by atoms with E-state index in [1.165, 1.54) is 4.90 Å². The highest BCUT2D eigenvalue weighted by Crippen LogP contribution is 2.20. The van der Waals surface area contributed by atoms with Gasteiger partial charge in [0.1, 0.15) is 5.69 Å². The summed E-state index contributed by atoms with van der Waals surface area (Å²) in [7, 11) is -3.10. The zero-order valence-corrected chi connectivity index (χ0v) is 15.9. The van der Waals surface area contributed by atoms with Crippen molar-refractivity contribution in [3.05, 3.63) is 30.0 Å². The first kappa shape index (κ1) is 19.3. The lowest BCUT2D eigenvalue weighted by Gasteiger charge is -2.27. The van der Waals surface area contributed by atoms with Gasteiger partial charge in [0.25, 0.3) is 5.91 Å². The van der Waals surface area contributed by atoms with Crippen molar-refractivity contribution >= 4 is 32.7 Å². The summed E-state index contributed by atoms with van der Waals surface area (Å²) in [6.07, 6.45) is 1.02. The lowest BCUT2D eigenvalue weighted by molar-refractivity contribution is -0.152. The Hall–Kier alpha value is -2.42. The van der Waals surface area contributed by atoms with Gasteiger partial charge >= 0.3 is 5.97 Å². The number of ether oxygens (including phenoxy) is 1. The van der Waals surface area contributed by atoms with Gasteiger partial charge in [0.2, 0.25) is 0 Å². The molecule has 146 valence electrons. The second kappa shape index (κ2) is 8.08. The number of sulfone groups is 1. The minimum Gasteiger partial charge on any atom is -0.455 e. The zero-order chi connectivity index (χ0) is 19.4. The SMILES string of the molecule is CCCN(C(=O)COC(=O)Cc1noc2ccccc12)[C@@H]1CCS(=O)(=O)C1. The summed E-state index contributed by atoms with van der Waals surface area (Å²) >= 11 is 0. The summed E-state index contributed by atoms with van der Waals surface area (Å²) < 4.78 is 33.6. The maximum atomic E-state index is 12.5. The van der Waals surface area contributed by atoms with Crippen LogP contribution < -0.4 is 0 Å². The average Bonchev–Trinajstić information content (AvgIpc) is 3.21. The van der Waals surface area contributed by atoms with E-state index < -0.39 is 22.4 Å². The van der Waals surface area contributed by atoms with Crippen molar-refractivity contribution in [1.82, 2.24) is 10.1 Å². The van der Waals surface area contributed by atoms with Crippen molar-refractivity contribution in [2.24, 2.45) is 0 Å². The van der Waals surface area contributed by atoms with E-state index in [4.69, 9.17) is 9.26 Å². The van der Waals surface area contributed by atoms with E-state index in [1.807, 2.05) is 13.0 Å². The maximum absolute atomic E-state index is 12.5.